The van der Waals surface area contributed by atoms with E-state index in [9.17, 15) is 4.79 Å². The van der Waals surface area contributed by atoms with Crippen LogP contribution in [0.4, 0.5) is 0 Å². The minimum Gasteiger partial charge on any atom is -0.317 e. The van der Waals surface area contributed by atoms with Gasteiger partial charge in [0.15, 0.2) is 5.78 Å². The van der Waals surface area contributed by atoms with Gasteiger partial charge < -0.3 is 4.57 Å². The van der Waals surface area contributed by atoms with Crippen LogP contribution in [0.2, 0.25) is 5.02 Å². The third-order valence-corrected chi connectivity index (χ3v) is 4.31. The van der Waals surface area contributed by atoms with Crippen molar-refractivity contribution in [1.82, 2.24) is 4.57 Å². The van der Waals surface area contributed by atoms with Gasteiger partial charge in [0.25, 0.3) is 0 Å². The molecule has 0 radical (unpaired) electrons. The maximum atomic E-state index is 12.1. The van der Waals surface area contributed by atoms with Crippen LogP contribution in [-0.4, -0.2) is 15.7 Å². The topological polar surface area (TPSA) is 22.0 Å². The third kappa shape index (κ3) is 2.80. The zero-order valence-corrected chi connectivity index (χ0v) is 14.5. The van der Waals surface area contributed by atoms with Crippen LogP contribution in [0.25, 0.3) is 5.69 Å². The van der Waals surface area contributed by atoms with E-state index in [4.69, 9.17) is 23.2 Å². The second-order valence-electron chi connectivity index (χ2n) is 4.70. The number of Topliss-reactive ketones (excluding diaryl/α,β-unsaturated/α-hetero) is 1. The van der Waals surface area contributed by atoms with Gasteiger partial charge in [-0.15, -0.1) is 11.6 Å². The fourth-order valence-corrected chi connectivity index (χ4v) is 2.96. The molecule has 2 nitrogen and oxygen atoms in total. The summed E-state index contributed by atoms with van der Waals surface area (Å²) in [7, 11) is 0. The van der Waals surface area contributed by atoms with E-state index in [0.29, 0.717) is 10.6 Å². The molecule has 2 aromatic rings. The van der Waals surface area contributed by atoms with Gasteiger partial charge >= 0.3 is 0 Å². The molecule has 0 N–H and O–H groups in total. The lowest BCUT2D eigenvalue weighted by Gasteiger charge is -2.12. The number of rotatable bonds is 3. The lowest BCUT2D eigenvalue weighted by molar-refractivity contribution is 0.0991. The van der Waals surface area contributed by atoms with E-state index in [-0.39, 0.29) is 5.78 Å². The SMILES string of the molecule is Cc1cc(C(=O)C(C)Cl)c(C)n1-c1cc(Cl)ccc1Br. The highest BCUT2D eigenvalue weighted by Gasteiger charge is 2.20. The quantitative estimate of drug-likeness (QED) is 0.526. The van der Waals surface area contributed by atoms with E-state index < -0.39 is 5.38 Å². The van der Waals surface area contributed by atoms with Gasteiger partial charge in [-0.1, -0.05) is 11.6 Å². The van der Waals surface area contributed by atoms with Gasteiger partial charge in [-0.3, -0.25) is 4.79 Å². The summed E-state index contributed by atoms with van der Waals surface area (Å²) in [6.45, 7) is 5.55. The van der Waals surface area contributed by atoms with E-state index in [0.717, 1.165) is 21.5 Å². The molecular formula is C15H14BrCl2NO. The molecule has 2 rings (SSSR count). The molecule has 1 aromatic heterocycles. The number of hydrogen-bond acceptors (Lipinski definition) is 1. The zero-order chi connectivity index (χ0) is 15.0. The Morgan fingerprint density at radius 2 is 1.95 bits per heavy atom. The van der Waals surface area contributed by atoms with E-state index in [1.54, 1.807) is 6.92 Å². The van der Waals surface area contributed by atoms with Crippen LogP contribution in [0.3, 0.4) is 0 Å². The number of halogens is 3. The molecule has 0 fully saturated rings. The molecule has 0 saturated heterocycles. The fourth-order valence-electron chi connectivity index (χ4n) is 2.25. The molecule has 0 aliphatic heterocycles. The number of ketones is 1. The van der Waals surface area contributed by atoms with Crippen molar-refractivity contribution in [1.29, 1.82) is 0 Å². The van der Waals surface area contributed by atoms with Crippen molar-refractivity contribution in [3.05, 3.63) is 50.7 Å². The average Bonchev–Trinajstić information content (AvgIpc) is 2.67. The van der Waals surface area contributed by atoms with Gasteiger partial charge in [0.2, 0.25) is 0 Å². The van der Waals surface area contributed by atoms with E-state index >= 15 is 0 Å². The number of nitrogens with zero attached hydrogens (tertiary/aromatic N) is 1. The van der Waals surface area contributed by atoms with Crippen LogP contribution in [0.15, 0.2) is 28.7 Å². The molecule has 20 heavy (non-hydrogen) atoms. The van der Waals surface area contributed by atoms with Gasteiger partial charge in [-0.2, -0.15) is 0 Å². The number of hydrogen-bond donors (Lipinski definition) is 0. The predicted octanol–water partition coefficient (Wildman–Crippen LogP) is 5.32. The fraction of sp³-hybridized carbons (Fsp3) is 0.267. The lowest BCUT2D eigenvalue weighted by atomic mass is 10.1. The number of alkyl halides is 1. The van der Waals surface area contributed by atoms with Gasteiger partial charge in [0.1, 0.15) is 0 Å². The molecule has 0 saturated carbocycles. The van der Waals surface area contributed by atoms with Crippen LogP contribution in [0.5, 0.6) is 0 Å². The van der Waals surface area contributed by atoms with Crippen LogP contribution in [-0.2, 0) is 0 Å². The lowest BCUT2D eigenvalue weighted by Crippen LogP contribution is -2.11. The molecule has 1 heterocycles. The number of aromatic nitrogens is 1. The predicted molar refractivity (Wildman–Crippen MR) is 87.6 cm³/mol. The Morgan fingerprint density at radius 3 is 2.55 bits per heavy atom. The number of carbonyl (C=O) groups excluding carboxylic acids is 1. The molecule has 5 heteroatoms. The Labute approximate surface area is 136 Å². The van der Waals surface area contributed by atoms with Gasteiger partial charge in [0.05, 0.1) is 11.1 Å². The molecule has 106 valence electrons. The monoisotopic (exact) mass is 373 g/mol. The second kappa shape index (κ2) is 5.92. The van der Waals surface area contributed by atoms with Crippen molar-refractivity contribution in [2.24, 2.45) is 0 Å². The molecule has 1 aromatic carbocycles. The molecule has 0 bridgehead atoms. The van der Waals surface area contributed by atoms with Gasteiger partial charge in [-0.25, -0.2) is 0 Å². The number of aryl methyl sites for hydroxylation is 1. The van der Waals surface area contributed by atoms with Crippen molar-refractivity contribution in [2.75, 3.05) is 0 Å². The van der Waals surface area contributed by atoms with E-state index in [1.807, 2.05) is 42.7 Å². The Balaban J connectivity index is 2.64. The molecule has 1 unspecified atom stereocenters. The largest absolute Gasteiger partial charge is 0.317 e. The molecule has 0 spiro atoms. The van der Waals surface area contributed by atoms with Crippen LogP contribution in [0.1, 0.15) is 28.7 Å². The third-order valence-electron chi connectivity index (χ3n) is 3.21. The van der Waals surface area contributed by atoms with Crippen LogP contribution < -0.4 is 0 Å². The molecule has 0 amide bonds. The zero-order valence-electron chi connectivity index (χ0n) is 11.4. The van der Waals surface area contributed by atoms with Crippen molar-refractivity contribution in [2.45, 2.75) is 26.1 Å². The highest BCUT2D eigenvalue weighted by molar-refractivity contribution is 9.10. The summed E-state index contributed by atoms with van der Waals surface area (Å²) in [5, 5.41) is 0.112. The van der Waals surface area contributed by atoms with Crippen LogP contribution in [0, 0.1) is 13.8 Å². The Hall–Kier alpha value is -0.770. The Morgan fingerprint density at radius 1 is 1.30 bits per heavy atom. The smallest absolute Gasteiger partial charge is 0.182 e. The summed E-state index contributed by atoms with van der Waals surface area (Å²) >= 11 is 15.5. The van der Waals surface area contributed by atoms with Crippen LogP contribution >= 0.6 is 39.1 Å². The second-order valence-corrected chi connectivity index (χ2v) is 6.64. The van der Waals surface area contributed by atoms with E-state index in [1.165, 1.54) is 0 Å². The first-order valence-corrected chi connectivity index (χ1v) is 7.76. The molecule has 1 atom stereocenters. The molecular weight excluding hydrogens is 361 g/mol. The molecule has 0 aliphatic carbocycles. The highest BCUT2D eigenvalue weighted by atomic mass is 79.9. The highest BCUT2D eigenvalue weighted by Crippen LogP contribution is 2.29. The van der Waals surface area contributed by atoms with Gasteiger partial charge in [-0.05, 0) is 61.0 Å². The summed E-state index contributed by atoms with van der Waals surface area (Å²) in [6, 6.07) is 7.44. The average molecular weight is 375 g/mol. The summed E-state index contributed by atoms with van der Waals surface area (Å²) in [6.07, 6.45) is 0. The summed E-state index contributed by atoms with van der Waals surface area (Å²) < 4.78 is 2.92. The van der Waals surface area contributed by atoms with Gasteiger partial charge in [0, 0.05) is 26.4 Å². The number of carbonyl (C=O) groups is 1. The molecule has 0 aliphatic rings. The number of benzene rings is 1. The Kier molecular flexibility index (Phi) is 4.62. The summed E-state index contributed by atoms with van der Waals surface area (Å²) in [5.74, 6) is -0.0656. The van der Waals surface area contributed by atoms with E-state index in [2.05, 4.69) is 15.9 Å². The minimum atomic E-state index is -0.535. The van der Waals surface area contributed by atoms with Crippen molar-refractivity contribution >= 4 is 44.9 Å². The maximum absolute atomic E-state index is 12.1. The maximum Gasteiger partial charge on any atom is 0.182 e. The summed E-state index contributed by atoms with van der Waals surface area (Å²) in [5.41, 5.74) is 3.39. The standard InChI is InChI=1S/C15H14BrCl2NO/c1-8-6-12(15(20)9(2)17)10(3)19(8)14-7-11(18)4-5-13(14)16/h4-7,9H,1-3H3. The Bertz CT molecular complexity index is 677. The first-order valence-electron chi connectivity index (χ1n) is 6.15. The first kappa shape index (κ1) is 15.6. The summed E-state index contributed by atoms with van der Waals surface area (Å²) in [4.78, 5) is 12.1. The van der Waals surface area contributed by atoms with Crippen molar-refractivity contribution < 1.29 is 4.79 Å². The first-order chi connectivity index (χ1) is 9.32. The normalized spacial score (nSPS) is 12.5. The van der Waals surface area contributed by atoms with Crippen molar-refractivity contribution in [3.8, 4) is 5.69 Å². The van der Waals surface area contributed by atoms with Crippen molar-refractivity contribution in [3.63, 3.8) is 0 Å². The minimum absolute atomic E-state index is 0.0656.